The highest BCUT2D eigenvalue weighted by Crippen LogP contribution is 2.07. The largest absolute Gasteiger partial charge is 0.302 e. The van der Waals surface area contributed by atoms with Crippen molar-refractivity contribution in [1.29, 1.82) is 0 Å². The van der Waals surface area contributed by atoms with Crippen LogP contribution in [0.15, 0.2) is 9.59 Å². The van der Waals surface area contributed by atoms with E-state index in [-0.39, 0.29) is 11.1 Å². The summed E-state index contributed by atoms with van der Waals surface area (Å²) in [7, 11) is 0. The zero-order valence-electron chi connectivity index (χ0n) is 8.72. The molecule has 0 radical (unpaired) electrons. The molecular weight excluding hydrogens is 212 g/mol. The first kappa shape index (κ1) is 10.2. The predicted molar refractivity (Wildman–Crippen MR) is 55.7 cm³/mol. The molecule has 0 saturated carbocycles. The van der Waals surface area contributed by atoms with Crippen LogP contribution in [0.2, 0.25) is 0 Å². The number of hydrogen-bond acceptors (Lipinski definition) is 3. The summed E-state index contributed by atoms with van der Waals surface area (Å²) in [6.45, 7) is 3.17. The SMILES string of the molecule is Cc1[nH][nH]c(=O)c1C(=O)c1c(C)[nH][nH]c1=O. The number of carbonyl (C=O) groups excluding carboxylic acids is 1. The van der Waals surface area contributed by atoms with Gasteiger partial charge in [-0.25, -0.2) is 0 Å². The second-order valence-electron chi connectivity index (χ2n) is 3.49. The van der Waals surface area contributed by atoms with Gasteiger partial charge in [0.05, 0.1) is 0 Å². The fourth-order valence-corrected chi connectivity index (χ4v) is 1.56. The molecule has 0 saturated heterocycles. The van der Waals surface area contributed by atoms with Crippen molar-refractivity contribution in [2.45, 2.75) is 13.8 Å². The lowest BCUT2D eigenvalue weighted by atomic mass is 10.1. The molecule has 0 fully saturated rings. The molecule has 0 aliphatic carbocycles. The maximum Gasteiger partial charge on any atom is 0.275 e. The van der Waals surface area contributed by atoms with E-state index in [0.29, 0.717) is 11.4 Å². The molecule has 84 valence electrons. The molecule has 4 N–H and O–H groups in total. The van der Waals surface area contributed by atoms with E-state index >= 15 is 0 Å². The van der Waals surface area contributed by atoms with E-state index < -0.39 is 16.9 Å². The van der Waals surface area contributed by atoms with Gasteiger partial charge in [-0.2, -0.15) is 0 Å². The van der Waals surface area contributed by atoms with E-state index in [1.807, 2.05) is 0 Å². The van der Waals surface area contributed by atoms with Crippen LogP contribution in [0.5, 0.6) is 0 Å². The van der Waals surface area contributed by atoms with Gasteiger partial charge in [0.15, 0.2) is 0 Å². The van der Waals surface area contributed by atoms with E-state index in [1.54, 1.807) is 13.8 Å². The van der Waals surface area contributed by atoms with Crippen molar-refractivity contribution in [3.63, 3.8) is 0 Å². The molecule has 2 aromatic rings. The number of aromatic amines is 4. The van der Waals surface area contributed by atoms with Gasteiger partial charge in [0.2, 0.25) is 5.78 Å². The summed E-state index contributed by atoms with van der Waals surface area (Å²) >= 11 is 0. The molecule has 0 spiro atoms. The summed E-state index contributed by atoms with van der Waals surface area (Å²) in [5.74, 6) is -0.583. The number of H-pyrrole nitrogens is 4. The van der Waals surface area contributed by atoms with Crippen molar-refractivity contribution >= 4 is 5.78 Å². The normalized spacial score (nSPS) is 10.6. The minimum atomic E-state index is -0.583. The van der Waals surface area contributed by atoms with Gasteiger partial charge in [0, 0.05) is 11.4 Å². The molecule has 0 aromatic carbocycles. The molecule has 0 bridgehead atoms. The average molecular weight is 222 g/mol. The second-order valence-corrected chi connectivity index (χ2v) is 3.49. The van der Waals surface area contributed by atoms with Crippen LogP contribution in [0, 0.1) is 13.8 Å². The van der Waals surface area contributed by atoms with Gasteiger partial charge in [-0.15, -0.1) is 0 Å². The fourth-order valence-electron chi connectivity index (χ4n) is 1.56. The van der Waals surface area contributed by atoms with Gasteiger partial charge in [-0.05, 0) is 13.8 Å². The van der Waals surface area contributed by atoms with Gasteiger partial charge in [-0.1, -0.05) is 0 Å². The van der Waals surface area contributed by atoms with Gasteiger partial charge < -0.3 is 10.2 Å². The summed E-state index contributed by atoms with van der Waals surface area (Å²) in [5.41, 5.74) is -0.295. The Morgan fingerprint density at radius 3 is 1.44 bits per heavy atom. The molecule has 0 aliphatic rings. The molecule has 2 aromatic heterocycles. The van der Waals surface area contributed by atoms with E-state index in [9.17, 15) is 14.4 Å². The van der Waals surface area contributed by atoms with E-state index in [1.165, 1.54) is 0 Å². The Balaban J connectivity index is 2.65. The molecular formula is C9H10N4O3. The highest BCUT2D eigenvalue weighted by atomic mass is 16.2. The number of ketones is 1. The highest BCUT2D eigenvalue weighted by Gasteiger charge is 2.22. The predicted octanol–water partition coefficient (Wildman–Crippen LogP) is -0.433. The molecule has 0 unspecified atom stereocenters. The van der Waals surface area contributed by atoms with Crippen LogP contribution in [0.4, 0.5) is 0 Å². The summed E-state index contributed by atoms with van der Waals surface area (Å²) in [6.07, 6.45) is 0. The zero-order valence-corrected chi connectivity index (χ0v) is 8.72. The minimum absolute atomic E-state index is 0.0341. The van der Waals surface area contributed by atoms with Crippen molar-refractivity contribution in [2.75, 3.05) is 0 Å². The fraction of sp³-hybridized carbons (Fsp3) is 0.222. The Labute approximate surface area is 88.9 Å². The van der Waals surface area contributed by atoms with Gasteiger partial charge in [0.1, 0.15) is 11.1 Å². The third kappa shape index (κ3) is 1.33. The summed E-state index contributed by atoms with van der Waals surface area (Å²) < 4.78 is 0. The Bertz CT molecular complexity index is 599. The van der Waals surface area contributed by atoms with Gasteiger partial charge in [-0.3, -0.25) is 24.6 Å². The molecule has 7 heteroatoms. The van der Waals surface area contributed by atoms with E-state index in [4.69, 9.17) is 0 Å². The Morgan fingerprint density at radius 1 is 0.812 bits per heavy atom. The number of aryl methyl sites for hydroxylation is 2. The van der Waals surface area contributed by atoms with Crippen molar-refractivity contribution in [2.24, 2.45) is 0 Å². The molecule has 7 nitrogen and oxygen atoms in total. The van der Waals surface area contributed by atoms with Crippen molar-refractivity contribution < 1.29 is 4.79 Å². The summed E-state index contributed by atoms with van der Waals surface area (Å²) in [4.78, 5) is 34.7. The van der Waals surface area contributed by atoms with Crippen LogP contribution in [0.1, 0.15) is 27.3 Å². The first-order valence-corrected chi connectivity index (χ1v) is 4.61. The minimum Gasteiger partial charge on any atom is -0.302 e. The van der Waals surface area contributed by atoms with E-state index in [2.05, 4.69) is 20.4 Å². The van der Waals surface area contributed by atoms with Gasteiger partial charge >= 0.3 is 0 Å². The highest BCUT2D eigenvalue weighted by molar-refractivity contribution is 6.09. The van der Waals surface area contributed by atoms with Crippen LogP contribution < -0.4 is 11.1 Å². The molecule has 2 heterocycles. The standard InChI is InChI=1S/C9H10N4O3/c1-3-5(8(15)12-10-3)7(14)6-4(2)11-13-9(6)16/h1-2H3,(H2,10,12,15)(H2,11,13,16). The number of carbonyl (C=O) groups is 1. The third-order valence-corrected chi connectivity index (χ3v) is 2.39. The summed E-state index contributed by atoms with van der Waals surface area (Å²) in [5, 5.41) is 9.67. The maximum absolute atomic E-state index is 12.0. The van der Waals surface area contributed by atoms with Crippen molar-refractivity contribution in [3.8, 4) is 0 Å². The lowest BCUT2D eigenvalue weighted by Gasteiger charge is -1.94. The quantitative estimate of drug-likeness (QED) is 0.516. The molecule has 16 heavy (non-hydrogen) atoms. The van der Waals surface area contributed by atoms with Crippen LogP contribution >= 0.6 is 0 Å². The Hall–Kier alpha value is -2.31. The summed E-state index contributed by atoms with van der Waals surface area (Å²) in [6, 6.07) is 0. The lowest BCUT2D eigenvalue weighted by Crippen LogP contribution is -2.20. The van der Waals surface area contributed by atoms with Crippen LogP contribution in [0.25, 0.3) is 0 Å². The van der Waals surface area contributed by atoms with Gasteiger partial charge in [0.25, 0.3) is 11.1 Å². The third-order valence-electron chi connectivity index (χ3n) is 2.39. The van der Waals surface area contributed by atoms with Crippen molar-refractivity contribution in [1.82, 2.24) is 20.4 Å². The first-order chi connectivity index (χ1) is 7.52. The Morgan fingerprint density at radius 2 is 1.19 bits per heavy atom. The number of nitrogens with one attached hydrogen (secondary N) is 4. The topological polar surface area (TPSA) is 114 Å². The Kier molecular flexibility index (Phi) is 2.15. The molecule has 0 atom stereocenters. The monoisotopic (exact) mass is 222 g/mol. The number of aromatic nitrogens is 4. The lowest BCUT2D eigenvalue weighted by molar-refractivity contribution is 0.103. The van der Waals surface area contributed by atoms with Crippen molar-refractivity contribution in [3.05, 3.63) is 43.2 Å². The van der Waals surface area contributed by atoms with Crippen LogP contribution in [0.3, 0.4) is 0 Å². The average Bonchev–Trinajstić information content (AvgIpc) is 2.71. The molecule has 2 rings (SSSR count). The first-order valence-electron chi connectivity index (χ1n) is 4.61. The second kappa shape index (κ2) is 3.37. The van der Waals surface area contributed by atoms with Crippen LogP contribution in [-0.2, 0) is 0 Å². The molecule has 0 aliphatic heterocycles. The van der Waals surface area contributed by atoms with Crippen LogP contribution in [-0.4, -0.2) is 26.2 Å². The van der Waals surface area contributed by atoms with E-state index in [0.717, 1.165) is 0 Å². The maximum atomic E-state index is 12.0. The zero-order chi connectivity index (χ0) is 11.9. The number of rotatable bonds is 2. The smallest absolute Gasteiger partial charge is 0.275 e. The molecule has 0 amide bonds. The number of hydrogen-bond donors (Lipinski definition) is 4.